The normalized spacial score (nSPS) is 18.7. The van der Waals surface area contributed by atoms with Gasteiger partial charge < -0.3 is 24.3 Å². The molecule has 98 valence electrons. The molecule has 2 N–H and O–H groups in total. The van der Waals surface area contributed by atoms with Crippen LogP contribution in [0.1, 0.15) is 6.42 Å². The molecular weight excluding hydrogens is 235 g/mol. The molecule has 2 rings (SSSR count). The molecule has 1 fully saturated rings. The van der Waals surface area contributed by atoms with Gasteiger partial charge in [0.05, 0.1) is 20.3 Å². The van der Waals surface area contributed by atoms with Crippen molar-refractivity contribution in [1.82, 2.24) is 0 Å². The minimum atomic E-state index is -1.57. The van der Waals surface area contributed by atoms with E-state index in [0.717, 1.165) is 13.0 Å². The van der Waals surface area contributed by atoms with Crippen molar-refractivity contribution in [1.29, 1.82) is 0 Å². The molecule has 0 amide bonds. The lowest BCUT2D eigenvalue weighted by Crippen LogP contribution is -2.32. The zero-order chi connectivity index (χ0) is 13.0. The second-order valence-electron chi connectivity index (χ2n) is 4.32. The highest BCUT2D eigenvalue weighted by atomic mass is 16.5. The van der Waals surface area contributed by atoms with E-state index in [0.29, 0.717) is 36.1 Å². The molecule has 0 saturated carbocycles. The third-order valence-electron chi connectivity index (χ3n) is 2.99. The predicted octanol–water partition coefficient (Wildman–Crippen LogP) is -0.210. The van der Waals surface area contributed by atoms with Gasteiger partial charge in [-0.25, -0.2) is 0 Å². The highest BCUT2D eigenvalue weighted by Gasteiger charge is 2.21. The summed E-state index contributed by atoms with van der Waals surface area (Å²) < 4.78 is 15.9. The first-order chi connectivity index (χ1) is 8.70. The zero-order valence-corrected chi connectivity index (χ0v) is 10.3. The summed E-state index contributed by atoms with van der Waals surface area (Å²) in [6, 6.07) is 4.97. The maximum Gasteiger partial charge on any atom is 0.492 e. The molecule has 0 bridgehead atoms. The summed E-state index contributed by atoms with van der Waals surface area (Å²) in [6.07, 6.45) is 0.979. The quantitative estimate of drug-likeness (QED) is 0.710. The van der Waals surface area contributed by atoms with Gasteiger partial charge >= 0.3 is 7.12 Å². The smallest absolute Gasteiger partial charge is 0.492 e. The van der Waals surface area contributed by atoms with Crippen LogP contribution in [0.25, 0.3) is 0 Å². The van der Waals surface area contributed by atoms with Crippen LogP contribution in [0.15, 0.2) is 18.2 Å². The van der Waals surface area contributed by atoms with Crippen molar-refractivity contribution in [2.24, 2.45) is 5.92 Å². The van der Waals surface area contributed by atoms with E-state index in [-0.39, 0.29) is 0 Å². The van der Waals surface area contributed by atoms with E-state index in [9.17, 15) is 10.0 Å². The molecule has 0 aliphatic carbocycles. The molecule has 6 heteroatoms. The monoisotopic (exact) mass is 252 g/mol. The topological polar surface area (TPSA) is 68.2 Å². The summed E-state index contributed by atoms with van der Waals surface area (Å²) in [7, 11) is -0.0471. The van der Waals surface area contributed by atoms with E-state index in [4.69, 9.17) is 14.2 Å². The van der Waals surface area contributed by atoms with E-state index in [1.54, 1.807) is 18.2 Å². The molecule has 18 heavy (non-hydrogen) atoms. The summed E-state index contributed by atoms with van der Waals surface area (Å²) in [5, 5.41) is 18.6. The predicted molar refractivity (Wildman–Crippen MR) is 67.2 cm³/mol. The molecule has 1 aromatic rings. The molecule has 1 atom stereocenters. The van der Waals surface area contributed by atoms with Gasteiger partial charge in [0.1, 0.15) is 11.5 Å². The molecule has 1 heterocycles. The van der Waals surface area contributed by atoms with Crippen LogP contribution < -0.4 is 14.9 Å². The Bertz CT molecular complexity index is 390. The number of ether oxygens (including phenoxy) is 3. The van der Waals surface area contributed by atoms with Gasteiger partial charge in [-0.3, -0.25) is 0 Å². The number of methoxy groups -OCH3 is 1. The summed E-state index contributed by atoms with van der Waals surface area (Å²) in [4.78, 5) is 0. The van der Waals surface area contributed by atoms with Gasteiger partial charge in [-0.15, -0.1) is 0 Å². The van der Waals surface area contributed by atoms with E-state index in [1.807, 2.05) is 0 Å². The third kappa shape index (κ3) is 3.16. The van der Waals surface area contributed by atoms with Crippen molar-refractivity contribution in [2.45, 2.75) is 6.42 Å². The number of benzene rings is 1. The molecule has 0 aromatic heterocycles. The van der Waals surface area contributed by atoms with Crippen molar-refractivity contribution in [3.05, 3.63) is 18.2 Å². The van der Waals surface area contributed by atoms with Crippen LogP contribution >= 0.6 is 0 Å². The Balaban J connectivity index is 2.05. The zero-order valence-electron chi connectivity index (χ0n) is 10.3. The summed E-state index contributed by atoms with van der Waals surface area (Å²) in [6.45, 7) is 1.99. The number of hydrogen-bond donors (Lipinski definition) is 2. The highest BCUT2D eigenvalue weighted by Crippen LogP contribution is 2.18. The summed E-state index contributed by atoms with van der Waals surface area (Å²) in [5.41, 5.74) is 0.313. The Morgan fingerprint density at radius 2 is 2.28 bits per heavy atom. The Labute approximate surface area is 106 Å². The molecule has 1 saturated heterocycles. The van der Waals surface area contributed by atoms with Crippen LogP contribution in [0.3, 0.4) is 0 Å². The fraction of sp³-hybridized carbons (Fsp3) is 0.500. The lowest BCUT2D eigenvalue weighted by molar-refractivity contribution is 0.167. The van der Waals surface area contributed by atoms with Gasteiger partial charge in [-0.2, -0.15) is 0 Å². The first-order valence-corrected chi connectivity index (χ1v) is 5.95. The standard InChI is InChI=1S/C12H17BO5/c1-16-10-2-3-12(11(6-10)13(14)15)18-8-9-4-5-17-7-9/h2-3,6,9,14-15H,4-5,7-8H2,1H3. The largest absolute Gasteiger partial charge is 0.497 e. The van der Waals surface area contributed by atoms with Crippen LogP contribution in [0.5, 0.6) is 11.5 Å². The van der Waals surface area contributed by atoms with Crippen LogP contribution in [-0.2, 0) is 4.74 Å². The maximum absolute atomic E-state index is 9.31. The van der Waals surface area contributed by atoms with Crippen molar-refractivity contribution in [2.75, 3.05) is 26.9 Å². The lowest BCUT2D eigenvalue weighted by Gasteiger charge is -2.14. The SMILES string of the molecule is COc1ccc(OCC2CCOC2)c(B(O)O)c1. The van der Waals surface area contributed by atoms with Crippen LogP contribution in [-0.4, -0.2) is 44.1 Å². The van der Waals surface area contributed by atoms with Crippen LogP contribution in [0, 0.1) is 5.92 Å². The fourth-order valence-electron chi connectivity index (χ4n) is 1.91. The average Bonchev–Trinajstić information content (AvgIpc) is 2.89. The van der Waals surface area contributed by atoms with Crippen LogP contribution in [0.2, 0.25) is 0 Å². The van der Waals surface area contributed by atoms with Crippen molar-refractivity contribution < 1.29 is 24.3 Å². The number of hydrogen-bond acceptors (Lipinski definition) is 5. The Morgan fingerprint density at radius 1 is 1.44 bits per heavy atom. The first kappa shape index (κ1) is 13.2. The van der Waals surface area contributed by atoms with E-state index < -0.39 is 7.12 Å². The first-order valence-electron chi connectivity index (χ1n) is 5.95. The second-order valence-corrected chi connectivity index (χ2v) is 4.32. The van der Waals surface area contributed by atoms with Crippen molar-refractivity contribution >= 4 is 12.6 Å². The van der Waals surface area contributed by atoms with Crippen molar-refractivity contribution in [3.8, 4) is 11.5 Å². The highest BCUT2D eigenvalue weighted by molar-refractivity contribution is 6.59. The molecule has 1 aliphatic heterocycles. The van der Waals surface area contributed by atoms with Gasteiger partial charge in [0.25, 0.3) is 0 Å². The van der Waals surface area contributed by atoms with Gasteiger partial charge in [-0.1, -0.05) is 0 Å². The second kappa shape index (κ2) is 6.09. The minimum absolute atomic E-state index is 0.313. The van der Waals surface area contributed by atoms with E-state index in [2.05, 4.69) is 0 Å². The Hall–Kier alpha value is -1.24. The third-order valence-corrected chi connectivity index (χ3v) is 2.99. The summed E-state index contributed by atoms with van der Waals surface area (Å²) in [5.74, 6) is 1.41. The maximum atomic E-state index is 9.31. The average molecular weight is 252 g/mol. The van der Waals surface area contributed by atoms with Gasteiger partial charge in [0.15, 0.2) is 0 Å². The summed E-state index contributed by atoms with van der Waals surface area (Å²) >= 11 is 0. The number of rotatable bonds is 5. The molecular formula is C12H17BO5. The van der Waals surface area contributed by atoms with Crippen molar-refractivity contribution in [3.63, 3.8) is 0 Å². The Morgan fingerprint density at radius 3 is 2.89 bits per heavy atom. The fourth-order valence-corrected chi connectivity index (χ4v) is 1.91. The molecule has 5 nitrogen and oxygen atoms in total. The minimum Gasteiger partial charge on any atom is -0.497 e. The van der Waals surface area contributed by atoms with Gasteiger partial charge in [-0.05, 0) is 24.6 Å². The van der Waals surface area contributed by atoms with Crippen LogP contribution in [0.4, 0.5) is 0 Å². The lowest BCUT2D eigenvalue weighted by atomic mass is 9.79. The van der Waals surface area contributed by atoms with E-state index in [1.165, 1.54) is 7.11 Å². The molecule has 1 aliphatic rings. The van der Waals surface area contributed by atoms with Gasteiger partial charge in [0.2, 0.25) is 0 Å². The van der Waals surface area contributed by atoms with Gasteiger partial charge in [0, 0.05) is 18.0 Å². The molecule has 1 aromatic carbocycles. The Kier molecular flexibility index (Phi) is 4.46. The molecule has 1 unspecified atom stereocenters. The molecule has 0 spiro atoms. The van der Waals surface area contributed by atoms with E-state index >= 15 is 0 Å². The molecule has 0 radical (unpaired) electrons.